The van der Waals surface area contributed by atoms with E-state index in [1.54, 1.807) is 18.3 Å². The molecule has 0 saturated heterocycles. The number of para-hydroxylation sites is 1. The maximum atomic E-state index is 11.4. The molecule has 0 spiro atoms. The van der Waals surface area contributed by atoms with Crippen LogP contribution < -0.4 is 0 Å². The molecule has 1 aromatic carbocycles. The second-order valence-corrected chi connectivity index (χ2v) is 5.29. The van der Waals surface area contributed by atoms with E-state index in [-0.39, 0.29) is 5.56 Å². The van der Waals surface area contributed by atoms with Gasteiger partial charge >= 0.3 is 5.97 Å². The first-order valence-corrected chi connectivity index (χ1v) is 6.86. The second-order valence-electron chi connectivity index (χ2n) is 5.29. The highest BCUT2D eigenvalue weighted by Gasteiger charge is 2.30. The van der Waals surface area contributed by atoms with Gasteiger partial charge in [0.25, 0.3) is 0 Å². The van der Waals surface area contributed by atoms with Crippen molar-refractivity contribution in [1.82, 2.24) is 14.7 Å². The summed E-state index contributed by atoms with van der Waals surface area (Å²) in [5.74, 6) is 1.14. The highest BCUT2D eigenvalue weighted by molar-refractivity contribution is 6.01. The number of nitrogens with zero attached hydrogens (tertiary/aromatic N) is 3. The van der Waals surface area contributed by atoms with Crippen LogP contribution in [0, 0.1) is 0 Å². The van der Waals surface area contributed by atoms with Crippen LogP contribution >= 0.6 is 0 Å². The van der Waals surface area contributed by atoms with Gasteiger partial charge in [0.2, 0.25) is 0 Å². The van der Waals surface area contributed by atoms with E-state index in [1.165, 1.54) is 0 Å². The number of carboxylic acid groups (broad SMARTS) is 1. The number of imidazole rings is 1. The minimum absolute atomic E-state index is 0.241. The van der Waals surface area contributed by atoms with Crippen LogP contribution in [0.4, 0.5) is 0 Å². The molecule has 6 heteroatoms. The number of rotatable bonds is 4. The number of aromatic nitrogens is 3. The predicted octanol–water partition coefficient (Wildman–Crippen LogP) is 2.65. The van der Waals surface area contributed by atoms with Crippen molar-refractivity contribution in [3.05, 3.63) is 47.6 Å². The Kier molecular flexibility index (Phi) is 2.57. The van der Waals surface area contributed by atoms with E-state index < -0.39 is 5.97 Å². The average molecular weight is 283 g/mol. The monoisotopic (exact) mass is 283 g/mol. The zero-order chi connectivity index (χ0) is 14.4. The molecular weight excluding hydrogens is 270 g/mol. The van der Waals surface area contributed by atoms with Crippen LogP contribution in [0.3, 0.4) is 0 Å². The Bertz CT molecular complexity index is 816. The number of fused-ring (bicyclic) bond motifs is 1. The van der Waals surface area contributed by atoms with Gasteiger partial charge < -0.3 is 14.2 Å². The van der Waals surface area contributed by atoms with Gasteiger partial charge in [-0.25, -0.2) is 9.78 Å². The molecule has 6 nitrogen and oxygen atoms in total. The van der Waals surface area contributed by atoms with Crippen molar-refractivity contribution in [1.29, 1.82) is 0 Å². The molecule has 1 N–H and O–H groups in total. The summed E-state index contributed by atoms with van der Waals surface area (Å²) in [6.45, 7) is 0.519. The highest BCUT2D eigenvalue weighted by Crippen LogP contribution is 2.41. The van der Waals surface area contributed by atoms with Gasteiger partial charge in [-0.3, -0.25) is 0 Å². The van der Waals surface area contributed by atoms with Crippen molar-refractivity contribution >= 4 is 17.0 Å². The van der Waals surface area contributed by atoms with E-state index in [0.717, 1.165) is 29.9 Å². The number of carbonyl (C=O) groups is 1. The third-order valence-corrected chi connectivity index (χ3v) is 3.79. The SMILES string of the molecule is O=C(O)c1cccc2c1nc(C1CC1)n2Cc1ccno1. The number of aromatic carboxylic acids is 1. The molecule has 1 aliphatic carbocycles. The minimum atomic E-state index is -0.952. The number of hydrogen-bond acceptors (Lipinski definition) is 4. The van der Waals surface area contributed by atoms with Gasteiger partial charge in [0, 0.05) is 12.0 Å². The highest BCUT2D eigenvalue weighted by atomic mass is 16.5. The van der Waals surface area contributed by atoms with E-state index in [0.29, 0.717) is 18.0 Å². The minimum Gasteiger partial charge on any atom is -0.478 e. The van der Waals surface area contributed by atoms with Gasteiger partial charge in [0.1, 0.15) is 11.3 Å². The summed E-state index contributed by atoms with van der Waals surface area (Å²) in [4.78, 5) is 16.0. The number of benzene rings is 1. The quantitative estimate of drug-likeness (QED) is 0.796. The molecule has 0 unspecified atom stereocenters. The van der Waals surface area contributed by atoms with Crippen LogP contribution in [-0.4, -0.2) is 25.8 Å². The molecule has 0 aliphatic heterocycles. The van der Waals surface area contributed by atoms with E-state index in [4.69, 9.17) is 4.52 Å². The molecule has 1 saturated carbocycles. The first-order chi connectivity index (χ1) is 10.2. The van der Waals surface area contributed by atoms with Crippen LogP contribution in [0.15, 0.2) is 35.0 Å². The van der Waals surface area contributed by atoms with Gasteiger partial charge in [-0.2, -0.15) is 0 Å². The van der Waals surface area contributed by atoms with Crippen LogP contribution in [0.5, 0.6) is 0 Å². The molecule has 0 atom stereocenters. The Morgan fingerprint density at radius 1 is 1.38 bits per heavy atom. The first-order valence-electron chi connectivity index (χ1n) is 6.86. The van der Waals surface area contributed by atoms with Crippen LogP contribution in [0.25, 0.3) is 11.0 Å². The summed E-state index contributed by atoms with van der Waals surface area (Å²) >= 11 is 0. The van der Waals surface area contributed by atoms with E-state index in [9.17, 15) is 9.90 Å². The third-order valence-electron chi connectivity index (χ3n) is 3.79. The zero-order valence-electron chi connectivity index (χ0n) is 11.2. The Labute approximate surface area is 120 Å². The Balaban J connectivity index is 1.92. The molecule has 21 heavy (non-hydrogen) atoms. The lowest BCUT2D eigenvalue weighted by Crippen LogP contribution is -2.03. The molecule has 0 amide bonds. The molecule has 3 aromatic rings. The lowest BCUT2D eigenvalue weighted by molar-refractivity contribution is 0.0699. The molecule has 106 valence electrons. The summed E-state index contributed by atoms with van der Waals surface area (Å²) in [6.07, 6.45) is 3.80. The molecule has 1 fully saturated rings. The molecule has 0 bridgehead atoms. The maximum absolute atomic E-state index is 11.4. The molecular formula is C15H13N3O3. The fourth-order valence-electron chi connectivity index (χ4n) is 2.64. The lowest BCUT2D eigenvalue weighted by Gasteiger charge is -2.06. The van der Waals surface area contributed by atoms with Crippen molar-refractivity contribution in [2.75, 3.05) is 0 Å². The van der Waals surface area contributed by atoms with Gasteiger partial charge in [-0.1, -0.05) is 11.2 Å². The topological polar surface area (TPSA) is 81.1 Å². The van der Waals surface area contributed by atoms with Crippen molar-refractivity contribution in [3.63, 3.8) is 0 Å². The molecule has 0 radical (unpaired) electrons. The van der Waals surface area contributed by atoms with E-state index >= 15 is 0 Å². The normalized spacial score (nSPS) is 14.7. The smallest absolute Gasteiger partial charge is 0.337 e. The summed E-state index contributed by atoms with van der Waals surface area (Å²) in [6, 6.07) is 7.05. The zero-order valence-corrected chi connectivity index (χ0v) is 11.2. The van der Waals surface area contributed by atoms with Gasteiger partial charge in [-0.05, 0) is 25.0 Å². The van der Waals surface area contributed by atoms with Gasteiger partial charge in [-0.15, -0.1) is 0 Å². The van der Waals surface area contributed by atoms with E-state index in [1.807, 2.05) is 16.7 Å². The molecule has 4 rings (SSSR count). The standard InChI is InChI=1S/C15H13N3O3/c19-15(20)11-2-1-3-12-13(11)17-14(9-4-5-9)18(12)8-10-6-7-16-21-10/h1-3,6-7,9H,4-5,8H2,(H,19,20). The Morgan fingerprint density at radius 3 is 2.90 bits per heavy atom. The van der Waals surface area contributed by atoms with Crippen LogP contribution in [0.2, 0.25) is 0 Å². The van der Waals surface area contributed by atoms with Crippen molar-refractivity contribution in [3.8, 4) is 0 Å². The van der Waals surface area contributed by atoms with Crippen molar-refractivity contribution < 1.29 is 14.4 Å². The fourth-order valence-corrected chi connectivity index (χ4v) is 2.64. The second kappa shape index (κ2) is 4.44. The number of hydrogen-bond donors (Lipinski definition) is 1. The first kappa shape index (κ1) is 12.1. The summed E-state index contributed by atoms with van der Waals surface area (Å²) in [5.41, 5.74) is 1.62. The summed E-state index contributed by atoms with van der Waals surface area (Å²) < 4.78 is 7.22. The maximum Gasteiger partial charge on any atom is 0.337 e. The Morgan fingerprint density at radius 2 is 2.24 bits per heavy atom. The molecule has 2 aromatic heterocycles. The third kappa shape index (κ3) is 1.99. The molecule has 1 aliphatic rings. The van der Waals surface area contributed by atoms with E-state index in [2.05, 4.69) is 10.1 Å². The van der Waals surface area contributed by atoms with Crippen molar-refractivity contribution in [2.24, 2.45) is 0 Å². The summed E-state index contributed by atoms with van der Waals surface area (Å²) in [7, 11) is 0. The predicted molar refractivity (Wildman–Crippen MR) is 74.3 cm³/mol. The number of carboxylic acids is 1. The largest absolute Gasteiger partial charge is 0.478 e. The van der Waals surface area contributed by atoms with Gasteiger partial charge in [0.05, 0.1) is 23.8 Å². The van der Waals surface area contributed by atoms with Crippen LogP contribution in [-0.2, 0) is 6.54 Å². The van der Waals surface area contributed by atoms with Crippen molar-refractivity contribution in [2.45, 2.75) is 25.3 Å². The Hall–Kier alpha value is -2.63. The summed E-state index contributed by atoms with van der Waals surface area (Å²) in [5, 5.41) is 13.0. The molecule has 2 heterocycles. The van der Waals surface area contributed by atoms with Crippen LogP contribution in [0.1, 0.15) is 40.7 Å². The fraction of sp³-hybridized carbons (Fsp3) is 0.267. The average Bonchev–Trinajstić information content (AvgIpc) is 3.07. The lowest BCUT2D eigenvalue weighted by atomic mass is 10.2. The van der Waals surface area contributed by atoms with Gasteiger partial charge in [0.15, 0.2) is 5.76 Å².